The van der Waals surface area contributed by atoms with E-state index in [2.05, 4.69) is 21.4 Å². The number of azide groups is 1. The second kappa shape index (κ2) is 6.86. The lowest BCUT2D eigenvalue weighted by Gasteiger charge is -2.10. The molecule has 0 heterocycles. The van der Waals surface area contributed by atoms with Crippen molar-refractivity contribution in [2.75, 3.05) is 13.1 Å². The van der Waals surface area contributed by atoms with Crippen molar-refractivity contribution < 1.29 is 0 Å². The van der Waals surface area contributed by atoms with Gasteiger partial charge in [-0.25, -0.2) is 0 Å². The molecule has 1 unspecified atom stereocenters. The number of hydrogen-bond donors (Lipinski definition) is 1. The van der Waals surface area contributed by atoms with Crippen molar-refractivity contribution in [1.82, 2.24) is 5.32 Å². The molecule has 0 bridgehead atoms. The zero-order valence-electron chi connectivity index (χ0n) is 9.04. The highest BCUT2D eigenvalue weighted by Gasteiger charge is 2.08. The van der Waals surface area contributed by atoms with Crippen molar-refractivity contribution in [2.24, 2.45) is 5.11 Å². The van der Waals surface area contributed by atoms with E-state index in [4.69, 9.17) is 16.1 Å². The molecule has 0 saturated carbocycles. The Morgan fingerprint density at radius 3 is 2.59 bits per heavy atom. The van der Waals surface area contributed by atoms with E-state index < -0.39 is 6.04 Å². The first-order valence-electron chi connectivity index (χ1n) is 4.95. The molecule has 0 radical (unpaired) electrons. The molecule has 0 saturated heterocycles. The standard InChI is InChI=1S/C11H10N6/c12-7-9-1-3-10(4-2-9)11(8-13)15-5-6-16-17-14/h1-4,11,15H,5-6H2. The Balaban J connectivity index is 2.64. The van der Waals surface area contributed by atoms with Crippen molar-refractivity contribution in [1.29, 1.82) is 10.5 Å². The Morgan fingerprint density at radius 2 is 2.06 bits per heavy atom. The molecule has 1 aromatic rings. The van der Waals surface area contributed by atoms with Gasteiger partial charge in [0.15, 0.2) is 0 Å². The van der Waals surface area contributed by atoms with Gasteiger partial charge in [-0.2, -0.15) is 10.5 Å². The third kappa shape index (κ3) is 3.84. The summed E-state index contributed by atoms with van der Waals surface area (Å²) in [5.41, 5.74) is 9.44. The fourth-order valence-corrected chi connectivity index (χ4v) is 1.29. The van der Waals surface area contributed by atoms with Crippen LogP contribution < -0.4 is 5.32 Å². The van der Waals surface area contributed by atoms with Gasteiger partial charge in [-0.05, 0) is 23.2 Å². The molecular weight excluding hydrogens is 216 g/mol. The van der Waals surface area contributed by atoms with Gasteiger partial charge in [-0.1, -0.05) is 17.2 Å². The van der Waals surface area contributed by atoms with E-state index in [-0.39, 0.29) is 0 Å². The summed E-state index contributed by atoms with van der Waals surface area (Å²) >= 11 is 0. The van der Waals surface area contributed by atoms with Gasteiger partial charge in [0.05, 0.1) is 17.7 Å². The van der Waals surface area contributed by atoms with Crippen molar-refractivity contribution in [2.45, 2.75) is 6.04 Å². The first-order chi connectivity index (χ1) is 8.31. The number of benzene rings is 1. The molecular formula is C11H10N6. The van der Waals surface area contributed by atoms with Crippen LogP contribution in [0.2, 0.25) is 0 Å². The van der Waals surface area contributed by atoms with Crippen LogP contribution >= 0.6 is 0 Å². The SMILES string of the molecule is N#Cc1ccc(C(C#N)NCCN=[N+]=[N-])cc1. The predicted molar refractivity (Wildman–Crippen MR) is 61.5 cm³/mol. The Morgan fingerprint density at radius 1 is 1.35 bits per heavy atom. The maximum absolute atomic E-state index is 8.98. The summed E-state index contributed by atoms with van der Waals surface area (Å²) in [4.78, 5) is 2.62. The average molecular weight is 226 g/mol. The van der Waals surface area contributed by atoms with E-state index in [9.17, 15) is 0 Å². The van der Waals surface area contributed by atoms with Crippen LogP contribution in [-0.2, 0) is 0 Å². The molecule has 1 atom stereocenters. The summed E-state index contributed by atoms with van der Waals surface area (Å²) in [7, 11) is 0. The minimum absolute atomic E-state index is 0.297. The molecule has 0 aliphatic rings. The minimum Gasteiger partial charge on any atom is -0.298 e. The average Bonchev–Trinajstić information content (AvgIpc) is 2.39. The highest BCUT2D eigenvalue weighted by molar-refractivity contribution is 5.34. The number of nitrogens with one attached hydrogen (secondary N) is 1. The Bertz CT molecular complexity index is 486. The van der Waals surface area contributed by atoms with E-state index in [0.717, 1.165) is 5.56 Å². The van der Waals surface area contributed by atoms with Gasteiger partial charge in [0.1, 0.15) is 6.04 Å². The lowest BCUT2D eigenvalue weighted by Crippen LogP contribution is -2.22. The van der Waals surface area contributed by atoms with Gasteiger partial charge >= 0.3 is 0 Å². The molecule has 0 fully saturated rings. The molecule has 0 aromatic heterocycles. The fourth-order valence-electron chi connectivity index (χ4n) is 1.29. The minimum atomic E-state index is -0.461. The molecule has 1 rings (SSSR count). The van der Waals surface area contributed by atoms with Gasteiger partial charge in [0.25, 0.3) is 0 Å². The summed E-state index contributed by atoms with van der Waals surface area (Å²) in [5.74, 6) is 0. The lowest BCUT2D eigenvalue weighted by atomic mass is 10.1. The van der Waals surface area contributed by atoms with Crippen LogP contribution in [0.25, 0.3) is 10.4 Å². The molecule has 0 spiro atoms. The largest absolute Gasteiger partial charge is 0.298 e. The molecule has 1 N–H and O–H groups in total. The van der Waals surface area contributed by atoms with E-state index in [0.29, 0.717) is 18.7 Å². The van der Waals surface area contributed by atoms with Crippen molar-refractivity contribution in [3.63, 3.8) is 0 Å². The molecule has 1 aromatic carbocycles. The monoisotopic (exact) mass is 226 g/mol. The highest BCUT2D eigenvalue weighted by atomic mass is 15.1. The normalized spacial score (nSPS) is 10.7. The maximum atomic E-state index is 8.98. The van der Waals surface area contributed by atoms with Gasteiger partial charge in [-0.15, -0.1) is 0 Å². The summed E-state index contributed by atoms with van der Waals surface area (Å²) in [6.45, 7) is 0.729. The van der Waals surface area contributed by atoms with Crippen molar-refractivity contribution >= 4 is 0 Å². The smallest absolute Gasteiger partial charge is 0.121 e. The van der Waals surface area contributed by atoms with Gasteiger partial charge in [0.2, 0.25) is 0 Å². The second-order valence-electron chi connectivity index (χ2n) is 3.20. The van der Waals surface area contributed by atoms with Crippen LogP contribution in [0.1, 0.15) is 17.2 Å². The number of hydrogen-bond acceptors (Lipinski definition) is 4. The van der Waals surface area contributed by atoms with Crippen LogP contribution in [0.15, 0.2) is 29.4 Å². The topological polar surface area (TPSA) is 108 Å². The predicted octanol–water partition coefficient (Wildman–Crippen LogP) is 2.02. The van der Waals surface area contributed by atoms with Crippen LogP contribution in [0, 0.1) is 22.7 Å². The van der Waals surface area contributed by atoms with Crippen LogP contribution in [0.4, 0.5) is 0 Å². The van der Waals surface area contributed by atoms with E-state index >= 15 is 0 Å². The molecule has 17 heavy (non-hydrogen) atoms. The zero-order valence-corrected chi connectivity index (χ0v) is 9.04. The fraction of sp³-hybridized carbons (Fsp3) is 0.273. The molecule has 84 valence electrons. The molecule has 6 heteroatoms. The van der Waals surface area contributed by atoms with Gasteiger partial charge < -0.3 is 0 Å². The van der Waals surface area contributed by atoms with E-state index in [1.54, 1.807) is 24.3 Å². The molecule has 0 aliphatic heterocycles. The Hall–Kier alpha value is -2.53. The summed E-state index contributed by atoms with van der Waals surface area (Å²) in [6.07, 6.45) is 0. The van der Waals surface area contributed by atoms with E-state index in [1.165, 1.54) is 0 Å². The first-order valence-corrected chi connectivity index (χ1v) is 4.95. The molecule has 6 nitrogen and oxygen atoms in total. The lowest BCUT2D eigenvalue weighted by molar-refractivity contribution is 0.635. The van der Waals surface area contributed by atoms with Crippen LogP contribution in [0.3, 0.4) is 0 Å². The summed E-state index contributed by atoms with van der Waals surface area (Å²) in [5, 5.41) is 23.9. The second-order valence-corrected chi connectivity index (χ2v) is 3.20. The first kappa shape index (κ1) is 12.5. The zero-order chi connectivity index (χ0) is 12.5. The maximum Gasteiger partial charge on any atom is 0.121 e. The third-order valence-corrected chi connectivity index (χ3v) is 2.13. The molecule has 0 aliphatic carbocycles. The number of nitrogens with zero attached hydrogens (tertiary/aromatic N) is 5. The van der Waals surface area contributed by atoms with Crippen molar-refractivity contribution in [3.8, 4) is 12.1 Å². The summed E-state index contributed by atoms with van der Waals surface area (Å²) < 4.78 is 0. The number of rotatable bonds is 5. The van der Waals surface area contributed by atoms with Crippen molar-refractivity contribution in [3.05, 3.63) is 45.8 Å². The highest BCUT2D eigenvalue weighted by Crippen LogP contribution is 2.12. The van der Waals surface area contributed by atoms with E-state index in [1.807, 2.05) is 6.07 Å². The Labute approximate surface area is 98.7 Å². The summed E-state index contributed by atoms with van der Waals surface area (Å²) in [6, 6.07) is 10.4. The van der Waals surface area contributed by atoms with Gasteiger partial charge in [-0.3, -0.25) is 5.32 Å². The molecule has 0 amide bonds. The van der Waals surface area contributed by atoms with Crippen LogP contribution in [0.5, 0.6) is 0 Å². The van der Waals surface area contributed by atoms with Crippen LogP contribution in [-0.4, -0.2) is 13.1 Å². The Kier molecular flexibility index (Phi) is 5.06. The third-order valence-electron chi connectivity index (χ3n) is 2.13. The quantitative estimate of drug-likeness (QED) is 0.359. The van der Waals surface area contributed by atoms with Gasteiger partial charge in [0, 0.05) is 18.0 Å². The number of nitriles is 2.